The van der Waals surface area contributed by atoms with Crippen LogP contribution in [0.5, 0.6) is 5.88 Å². The molecule has 1 aromatic heterocycles. The van der Waals surface area contributed by atoms with Crippen molar-refractivity contribution in [3.63, 3.8) is 0 Å². The summed E-state index contributed by atoms with van der Waals surface area (Å²) < 4.78 is 5.43. The lowest BCUT2D eigenvalue weighted by Gasteiger charge is -2.25. The number of anilines is 1. The summed E-state index contributed by atoms with van der Waals surface area (Å²) in [5.41, 5.74) is -0.705. The van der Waals surface area contributed by atoms with Gasteiger partial charge in [-0.05, 0) is 19.3 Å². The molecule has 1 heterocycles. The molecule has 1 rings (SSSR count). The van der Waals surface area contributed by atoms with Crippen molar-refractivity contribution in [1.29, 1.82) is 0 Å². The first kappa shape index (κ1) is 14.7. The molecule has 0 aromatic carbocycles. The van der Waals surface area contributed by atoms with E-state index in [-0.39, 0.29) is 0 Å². The van der Waals surface area contributed by atoms with Crippen molar-refractivity contribution >= 4 is 5.95 Å². The van der Waals surface area contributed by atoms with E-state index in [1.165, 1.54) is 0 Å². The average molecular weight is 253 g/mol. The van der Waals surface area contributed by atoms with Gasteiger partial charge in [0.05, 0.1) is 12.2 Å². The van der Waals surface area contributed by atoms with Gasteiger partial charge in [-0.2, -0.15) is 4.98 Å². The number of rotatable bonds is 8. The van der Waals surface area contributed by atoms with Gasteiger partial charge < -0.3 is 15.2 Å². The number of hydrogen-bond acceptors (Lipinski definition) is 5. The molecule has 0 atom stereocenters. The highest BCUT2D eigenvalue weighted by Crippen LogP contribution is 2.15. The van der Waals surface area contributed by atoms with Gasteiger partial charge in [0.2, 0.25) is 11.8 Å². The van der Waals surface area contributed by atoms with Gasteiger partial charge in [-0.3, -0.25) is 0 Å². The Morgan fingerprint density at radius 2 is 2.06 bits per heavy atom. The Kier molecular flexibility index (Phi) is 5.85. The molecular formula is C13H23N3O2. The van der Waals surface area contributed by atoms with Crippen molar-refractivity contribution < 1.29 is 9.84 Å². The smallest absolute Gasteiger partial charge is 0.226 e. The quantitative estimate of drug-likeness (QED) is 0.743. The van der Waals surface area contributed by atoms with E-state index >= 15 is 0 Å². The summed E-state index contributed by atoms with van der Waals surface area (Å²) in [6.45, 7) is 7.06. The molecule has 0 spiro atoms. The SMILES string of the molecule is CCCOc1ccnc(NCC(O)(CC)CC)n1. The van der Waals surface area contributed by atoms with Crippen LogP contribution in [0.4, 0.5) is 5.95 Å². The van der Waals surface area contributed by atoms with Crippen molar-refractivity contribution in [1.82, 2.24) is 9.97 Å². The molecule has 0 radical (unpaired) electrons. The summed E-state index contributed by atoms with van der Waals surface area (Å²) in [7, 11) is 0. The van der Waals surface area contributed by atoms with Crippen molar-refractivity contribution in [2.24, 2.45) is 0 Å². The molecule has 0 saturated heterocycles. The number of ether oxygens (including phenoxy) is 1. The zero-order valence-electron chi connectivity index (χ0n) is 11.4. The summed E-state index contributed by atoms with van der Waals surface area (Å²) in [5.74, 6) is 1.05. The first-order chi connectivity index (χ1) is 8.63. The first-order valence-electron chi connectivity index (χ1n) is 6.55. The summed E-state index contributed by atoms with van der Waals surface area (Å²) in [5, 5.41) is 13.2. The summed E-state index contributed by atoms with van der Waals surface area (Å²) >= 11 is 0. The minimum atomic E-state index is -0.705. The fourth-order valence-electron chi connectivity index (χ4n) is 1.46. The maximum absolute atomic E-state index is 10.2. The molecular weight excluding hydrogens is 230 g/mol. The van der Waals surface area contributed by atoms with Gasteiger partial charge in [0, 0.05) is 18.8 Å². The van der Waals surface area contributed by atoms with Crippen molar-refractivity contribution in [3.05, 3.63) is 12.3 Å². The van der Waals surface area contributed by atoms with Crippen molar-refractivity contribution in [3.8, 4) is 5.88 Å². The zero-order valence-corrected chi connectivity index (χ0v) is 11.4. The molecule has 0 aliphatic rings. The third-order valence-electron chi connectivity index (χ3n) is 2.98. The van der Waals surface area contributed by atoms with Crippen LogP contribution < -0.4 is 10.1 Å². The average Bonchev–Trinajstić information content (AvgIpc) is 2.43. The third kappa shape index (κ3) is 4.49. The van der Waals surface area contributed by atoms with Crippen molar-refractivity contribution in [2.75, 3.05) is 18.5 Å². The van der Waals surface area contributed by atoms with Crippen LogP contribution in [0.1, 0.15) is 40.0 Å². The van der Waals surface area contributed by atoms with E-state index in [0.717, 1.165) is 6.42 Å². The monoisotopic (exact) mass is 253 g/mol. The van der Waals surface area contributed by atoms with Crippen LogP contribution in [0.25, 0.3) is 0 Å². The van der Waals surface area contributed by atoms with E-state index in [9.17, 15) is 5.11 Å². The van der Waals surface area contributed by atoms with Gasteiger partial charge in [0.15, 0.2) is 0 Å². The Morgan fingerprint density at radius 1 is 1.33 bits per heavy atom. The first-order valence-corrected chi connectivity index (χ1v) is 6.55. The number of hydrogen-bond donors (Lipinski definition) is 2. The number of aromatic nitrogens is 2. The standard InChI is InChI=1S/C13H23N3O2/c1-4-9-18-11-7-8-14-12(16-11)15-10-13(17,5-2)6-3/h7-8,17H,4-6,9-10H2,1-3H3,(H,14,15,16). The normalized spacial score (nSPS) is 11.3. The second kappa shape index (κ2) is 7.16. The summed E-state index contributed by atoms with van der Waals surface area (Å²) in [6, 6.07) is 1.73. The molecule has 0 aliphatic carbocycles. The Morgan fingerprint density at radius 3 is 2.67 bits per heavy atom. The van der Waals surface area contributed by atoms with Gasteiger partial charge in [-0.1, -0.05) is 20.8 Å². The van der Waals surface area contributed by atoms with Crippen LogP contribution in [0.15, 0.2) is 12.3 Å². The molecule has 102 valence electrons. The molecule has 0 amide bonds. The van der Waals surface area contributed by atoms with Crippen LogP contribution in [0.3, 0.4) is 0 Å². The Bertz CT molecular complexity index is 354. The molecule has 5 nitrogen and oxygen atoms in total. The third-order valence-corrected chi connectivity index (χ3v) is 2.98. The predicted octanol–water partition coefficient (Wildman–Crippen LogP) is 2.23. The van der Waals surface area contributed by atoms with E-state index in [4.69, 9.17) is 4.74 Å². The molecule has 5 heteroatoms. The highest BCUT2D eigenvalue weighted by Gasteiger charge is 2.21. The molecule has 0 bridgehead atoms. The Hall–Kier alpha value is -1.36. The van der Waals surface area contributed by atoms with E-state index in [0.29, 0.717) is 37.8 Å². The number of nitrogens with zero attached hydrogens (tertiary/aromatic N) is 2. The van der Waals surface area contributed by atoms with Gasteiger partial charge in [0.25, 0.3) is 0 Å². The maximum Gasteiger partial charge on any atom is 0.226 e. The van der Waals surface area contributed by atoms with E-state index in [2.05, 4.69) is 15.3 Å². The number of nitrogens with one attached hydrogen (secondary N) is 1. The minimum absolute atomic E-state index is 0.442. The second-order valence-corrected chi connectivity index (χ2v) is 4.35. The van der Waals surface area contributed by atoms with E-state index in [1.54, 1.807) is 12.3 Å². The molecule has 1 aromatic rings. The predicted molar refractivity (Wildman–Crippen MR) is 71.8 cm³/mol. The lowest BCUT2D eigenvalue weighted by atomic mass is 9.98. The van der Waals surface area contributed by atoms with E-state index in [1.807, 2.05) is 20.8 Å². The topological polar surface area (TPSA) is 67.3 Å². The lowest BCUT2D eigenvalue weighted by molar-refractivity contribution is 0.0455. The van der Waals surface area contributed by atoms with Crippen LogP contribution in [-0.2, 0) is 0 Å². The highest BCUT2D eigenvalue weighted by atomic mass is 16.5. The van der Waals surface area contributed by atoms with Gasteiger partial charge >= 0.3 is 0 Å². The van der Waals surface area contributed by atoms with Crippen LogP contribution in [-0.4, -0.2) is 33.8 Å². The highest BCUT2D eigenvalue weighted by molar-refractivity contribution is 5.28. The fraction of sp³-hybridized carbons (Fsp3) is 0.692. The van der Waals surface area contributed by atoms with Crippen molar-refractivity contribution in [2.45, 2.75) is 45.6 Å². The van der Waals surface area contributed by atoms with Crippen LogP contribution in [0, 0.1) is 0 Å². The van der Waals surface area contributed by atoms with Gasteiger partial charge in [-0.25, -0.2) is 4.98 Å². The Labute approximate surface area is 109 Å². The van der Waals surface area contributed by atoms with Gasteiger partial charge in [-0.15, -0.1) is 0 Å². The second-order valence-electron chi connectivity index (χ2n) is 4.35. The molecule has 2 N–H and O–H groups in total. The Balaban J connectivity index is 2.56. The maximum atomic E-state index is 10.2. The van der Waals surface area contributed by atoms with Crippen LogP contribution in [0.2, 0.25) is 0 Å². The molecule has 0 saturated carbocycles. The molecule has 18 heavy (non-hydrogen) atoms. The molecule has 0 aliphatic heterocycles. The minimum Gasteiger partial charge on any atom is -0.478 e. The zero-order chi connectivity index (χ0) is 13.4. The fourth-order valence-corrected chi connectivity index (χ4v) is 1.46. The van der Waals surface area contributed by atoms with E-state index < -0.39 is 5.60 Å². The molecule has 0 fully saturated rings. The lowest BCUT2D eigenvalue weighted by Crippen LogP contribution is -2.35. The largest absolute Gasteiger partial charge is 0.478 e. The summed E-state index contributed by atoms with van der Waals surface area (Å²) in [6.07, 6.45) is 3.99. The van der Waals surface area contributed by atoms with Gasteiger partial charge in [0.1, 0.15) is 0 Å². The van der Waals surface area contributed by atoms with Crippen LogP contribution >= 0.6 is 0 Å². The number of aliphatic hydroxyl groups is 1. The summed E-state index contributed by atoms with van der Waals surface area (Å²) in [4.78, 5) is 8.33. The molecule has 0 unspecified atom stereocenters.